The average Bonchev–Trinajstić information content (AvgIpc) is 2.87. The van der Waals surface area contributed by atoms with Gasteiger partial charge in [-0.15, -0.1) is 0 Å². The van der Waals surface area contributed by atoms with Gasteiger partial charge in [0.2, 0.25) is 0 Å². The quantitative estimate of drug-likeness (QED) is 0.191. The normalized spacial score (nSPS) is 41.1. The maximum Gasteiger partial charge on any atom is 1.00 e. The van der Waals surface area contributed by atoms with Gasteiger partial charge in [0, 0.05) is 8.80 Å². The molecule has 0 atom stereocenters. The Bertz CT molecular complexity index is 231. The Hall–Kier alpha value is 1.75. The van der Waals surface area contributed by atoms with Crippen molar-refractivity contribution in [3.63, 3.8) is 0 Å². The van der Waals surface area contributed by atoms with Crippen molar-refractivity contribution >= 4 is 18.5 Å². The van der Waals surface area contributed by atoms with Crippen molar-refractivity contribution in [1.82, 2.24) is 0 Å². The molecule has 0 spiro atoms. The molecule has 28 heavy (non-hydrogen) atoms. The first-order valence-electron chi connectivity index (χ1n) is 10.7. The van der Waals surface area contributed by atoms with Crippen molar-refractivity contribution in [3.8, 4) is 0 Å². The van der Waals surface area contributed by atoms with Gasteiger partial charge in [-0.2, -0.15) is 0 Å². The van der Waals surface area contributed by atoms with E-state index in [0.717, 1.165) is 59.2 Å². The fraction of sp³-hybridized carbons (Fsp3) is 0.958. The molecule has 0 bridgehead atoms. The zero-order valence-electron chi connectivity index (χ0n) is 21.4. The smallest absolute Gasteiger partial charge is 1.00 e. The van der Waals surface area contributed by atoms with Crippen LogP contribution >= 0.6 is 9.69 Å². The fourth-order valence-electron chi connectivity index (χ4n) is 4.79. The van der Waals surface area contributed by atoms with E-state index in [1.807, 2.05) is 17.3 Å². The predicted octanol–water partition coefficient (Wildman–Crippen LogP) is 8.87. The van der Waals surface area contributed by atoms with Crippen LogP contribution in [0, 0.1) is 66.6 Å². The van der Waals surface area contributed by atoms with Gasteiger partial charge in [-0.3, -0.25) is 0 Å². The molecule has 0 aromatic carbocycles. The summed E-state index contributed by atoms with van der Waals surface area (Å²) in [4.78, 5) is 0. The van der Waals surface area contributed by atoms with Crippen LogP contribution in [0.15, 0.2) is 0 Å². The summed E-state index contributed by atoms with van der Waals surface area (Å²) >= 11 is 1.82. The molecule has 0 aliphatic heterocycles. The molecule has 0 nitrogen and oxygen atoms in total. The van der Waals surface area contributed by atoms with Crippen LogP contribution in [0.3, 0.4) is 0 Å². The second-order valence-electron chi connectivity index (χ2n) is 10.1. The van der Waals surface area contributed by atoms with Crippen LogP contribution in [0.25, 0.3) is 0 Å². The summed E-state index contributed by atoms with van der Waals surface area (Å²) in [5.74, 6) is 9.35. The van der Waals surface area contributed by atoms with E-state index >= 15 is 0 Å². The summed E-state index contributed by atoms with van der Waals surface area (Å²) in [7, 11) is 4.69. The van der Waals surface area contributed by atoms with Crippen molar-refractivity contribution < 1.29 is 36.8 Å². The number of halogens is 1. The fourth-order valence-corrected chi connectivity index (χ4v) is 4.79. The Kier molecular flexibility index (Phi) is 24.3. The Morgan fingerprint density at radius 3 is 0.500 bits per heavy atom. The third-order valence-corrected chi connectivity index (χ3v) is 8.29. The first kappa shape index (κ1) is 37.1. The molecule has 2 saturated carbocycles. The second-order valence-corrected chi connectivity index (χ2v) is 13.1. The van der Waals surface area contributed by atoms with Gasteiger partial charge in [-0.25, -0.2) is 0 Å². The summed E-state index contributed by atoms with van der Waals surface area (Å²) in [6.45, 7) is 30.8. The van der Waals surface area contributed by atoms with E-state index in [-0.39, 0.29) is 35.7 Å². The monoisotopic (exact) mass is 607 g/mol. The third-order valence-electron chi connectivity index (χ3n) is 8.29. The topological polar surface area (TPSA) is 0 Å². The molecule has 0 amide bonds. The molecule has 0 unspecified atom stereocenters. The predicted molar refractivity (Wildman–Crippen MR) is 127 cm³/mol. The second kappa shape index (κ2) is 18.3. The van der Waals surface area contributed by atoms with E-state index in [9.17, 15) is 0 Å². The van der Waals surface area contributed by atoms with Gasteiger partial charge < -0.3 is 7.43 Å². The number of rotatable bonds is 0. The first-order valence-corrected chi connectivity index (χ1v) is 16.0. The zero-order chi connectivity index (χ0) is 21.4. The molecule has 4 heteroatoms. The van der Waals surface area contributed by atoms with Gasteiger partial charge in [0.1, 0.15) is 0 Å². The van der Waals surface area contributed by atoms with Gasteiger partial charge in [-0.05, 0) is 59.2 Å². The van der Waals surface area contributed by atoms with Crippen molar-refractivity contribution in [2.75, 3.05) is 0 Å². The minimum absolute atomic E-state index is 0. The standard InChI is InChI=1S/2C10H20.C3H9Si.CH3.ClH.2Ru/c2*1-6-7(2)9(4)10(5)8(6)3;1-4(2)3;;;;/h2*6-10H,1-5H3;1-3H3;1H3;1H;;/q;;;-1;;2*+1/p-1. The molecule has 0 aromatic rings. The minimum atomic E-state index is 0. The molecule has 2 rings (SSSR count). The molecule has 0 saturated heterocycles. The first-order chi connectivity index (χ1) is 11.8. The van der Waals surface area contributed by atoms with Crippen molar-refractivity contribution in [3.05, 3.63) is 7.43 Å². The van der Waals surface area contributed by atoms with Crippen LogP contribution in [0.2, 0.25) is 19.6 Å². The van der Waals surface area contributed by atoms with E-state index in [0.29, 0.717) is 0 Å². The van der Waals surface area contributed by atoms with Crippen LogP contribution in [0.5, 0.6) is 0 Å². The Morgan fingerprint density at radius 1 is 0.429 bits per heavy atom. The van der Waals surface area contributed by atoms with Gasteiger partial charge in [0.25, 0.3) is 0 Å². The average molecular weight is 606 g/mol. The molecule has 0 heterocycles. The van der Waals surface area contributed by atoms with E-state index in [4.69, 9.17) is 0 Å². The molecule has 2 radical (unpaired) electrons. The third kappa shape index (κ3) is 11.4. The molecule has 2 aliphatic carbocycles. The molecule has 0 N–H and O–H groups in total. The summed E-state index contributed by atoms with van der Waals surface area (Å²) in [5, 5.41) is 0. The maximum atomic E-state index is 4.57. The van der Waals surface area contributed by atoms with Crippen LogP contribution in [0.1, 0.15) is 69.2 Å². The largest absolute Gasteiger partial charge is 1.00 e. The van der Waals surface area contributed by atoms with E-state index in [1.165, 1.54) is 0 Å². The molecule has 175 valence electrons. The van der Waals surface area contributed by atoms with Crippen LogP contribution in [-0.2, 0) is 36.8 Å². The van der Waals surface area contributed by atoms with Crippen molar-refractivity contribution in [1.29, 1.82) is 0 Å². The number of hydrogen-bond acceptors (Lipinski definition) is 0. The van der Waals surface area contributed by atoms with E-state index in [1.54, 1.807) is 0 Å². The summed E-state index contributed by atoms with van der Waals surface area (Å²) in [6, 6.07) is 0. The summed E-state index contributed by atoms with van der Waals surface area (Å²) < 4.78 is 0. The zero-order valence-corrected chi connectivity index (χ0v) is 26.6. The SMILES string of the molecule is CC1C(C)C(C)C(C)C1C.CC1C(C)C(C)C(C)C1C.C[Si](C)C.[CH3-].[Cl][Ru].[Ru+]. The van der Waals surface area contributed by atoms with Crippen LogP contribution in [-0.4, -0.2) is 8.80 Å². The van der Waals surface area contributed by atoms with E-state index < -0.39 is 0 Å². The molecular weight excluding hydrogens is 554 g/mol. The Balaban J connectivity index is -0.000000153. The molecule has 2 fully saturated rings. The van der Waals surface area contributed by atoms with E-state index in [2.05, 4.69) is 98.6 Å². The molecule has 2 aliphatic rings. The van der Waals surface area contributed by atoms with Gasteiger partial charge in [-0.1, -0.05) is 88.9 Å². The Labute approximate surface area is 209 Å². The van der Waals surface area contributed by atoms with Gasteiger partial charge in [0.05, 0.1) is 0 Å². The van der Waals surface area contributed by atoms with Crippen molar-refractivity contribution in [2.45, 2.75) is 88.9 Å². The van der Waals surface area contributed by atoms with Gasteiger partial charge in [0.15, 0.2) is 0 Å². The molecular formula is C24H52ClRu2Si. The minimum Gasteiger partial charge on any atom is 1.00 e. The Morgan fingerprint density at radius 2 is 0.464 bits per heavy atom. The summed E-state index contributed by atoms with van der Waals surface area (Å²) in [5.41, 5.74) is 0. The van der Waals surface area contributed by atoms with Crippen LogP contribution in [0.4, 0.5) is 0 Å². The molecule has 0 aromatic heterocycles. The van der Waals surface area contributed by atoms with Crippen molar-refractivity contribution in [2.24, 2.45) is 59.2 Å². The maximum absolute atomic E-state index is 4.57. The summed E-state index contributed by atoms with van der Waals surface area (Å²) in [6.07, 6.45) is 0. The van der Waals surface area contributed by atoms with Gasteiger partial charge >= 0.3 is 46.5 Å². The van der Waals surface area contributed by atoms with Crippen LogP contribution < -0.4 is 0 Å². The number of hydrogen-bond donors (Lipinski definition) is 0.